The first kappa shape index (κ1) is 14.5. The minimum atomic E-state index is -2.10. The molecule has 4 nitrogen and oxygen atoms in total. The van der Waals surface area contributed by atoms with Crippen LogP contribution >= 0.6 is 0 Å². The van der Waals surface area contributed by atoms with Crippen molar-refractivity contribution in [3.05, 3.63) is 0 Å². The van der Waals surface area contributed by atoms with Crippen LogP contribution in [-0.2, 0) is 11.3 Å². The van der Waals surface area contributed by atoms with Gasteiger partial charge in [-0.05, 0) is 27.1 Å². The number of nitrogens with one attached hydrogen (secondary N) is 1. The average molecular weight is 195 g/mol. The molecule has 1 N–H and O–H groups in total. The number of hydrogen-bond acceptors (Lipinski definition) is 3. The fourth-order valence-electron chi connectivity index (χ4n) is 0.551. The van der Waals surface area contributed by atoms with Crippen LogP contribution in [0.15, 0.2) is 0 Å². The molecular formula is C7H19N2O2S-. The Labute approximate surface area is 77.8 Å². The second-order valence-electron chi connectivity index (χ2n) is 2.29. The highest BCUT2D eigenvalue weighted by molar-refractivity contribution is 7.77. The van der Waals surface area contributed by atoms with Crippen LogP contribution in [0.4, 0.5) is 0 Å². The molecule has 0 amide bonds. The lowest BCUT2D eigenvalue weighted by Gasteiger charge is -2.10. The highest BCUT2D eigenvalue weighted by Crippen LogP contribution is 1.80. The Morgan fingerprint density at radius 3 is 2.25 bits per heavy atom. The largest absolute Gasteiger partial charge is 0.760 e. The van der Waals surface area contributed by atoms with E-state index in [0.29, 0.717) is 6.54 Å². The van der Waals surface area contributed by atoms with E-state index in [1.54, 1.807) is 0 Å². The molecule has 76 valence electrons. The lowest BCUT2D eigenvalue weighted by molar-refractivity contribution is 0.399. The maximum Gasteiger partial charge on any atom is 0.0181 e. The second kappa shape index (κ2) is 11.0. The van der Waals surface area contributed by atoms with E-state index in [1.807, 2.05) is 32.8 Å². The molecule has 0 saturated heterocycles. The van der Waals surface area contributed by atoms with Crippen LogP contribution in [0.2, 0.25) is 0 Å². The molecule has 0 aromatic rings. The van der Waals surface area contributed by atoms with Gasteiger partial charge in [0.15, 0.2) is 0 Å². The van der Waals surface area contributed by atoms with Gasteiger partial charge in [0, 0.05) is 17.8 Å². The SMILES string of the molecule is CC.CN(C)CCCNS(=O)[O-]. The molecule has 5 heteroatoms. The third-order valence-electron chi connectivity index (χ3n) is 1.00. The average Bonchev–Trinajstić information content (AvgIpc) is 2.02. The summed E-state index contributed by atoms with van der Waals surface area (Å²) in [5, 5.41) is 0. The molecule has 0 saturated carbocycles. The predicted molar refractivity (Wildman–Crippen MR) is 51.4 cm³/mol. The van der Waals surface area contributed by atoms with Crippen LogP contribution in [0.5, 0.6) is 0 Å². The molecule has 0 aromatic carbocycles. The van der Waals surface area contributed by atoms with Gasteiger partial charge in [-0.25, -0.2) is 4.72 Å². The molecular weight excluding hydrogens is 176 g/mol. The first-order chi connectivity index (χ1) is 5.63. The van der Waals surface area contributed by atoms with Crippen molar-refractivity contribution in [1.82, 2.24) is 9.62 Å². The van der Waals surface area contributed by atoms with Gasteiger partial charge in [-0.3, -0.25) is 4.21 Å². The van der Waals surface area contributed by atoms with Gasteiger partial charge in [-0.15, -0.1) is 0 Å². The van der Waals surface area contributed by atoms with Gasteiger partial charge in [0.1, 0.15) is 0 Å². The van der Waals surface area contributed by atoms with Crippen molar-refractivity contribution in [1.29, 1.82) is 0 Å². The van der Waals surface area contributed by atoms with E-state index >= 15 is 0 Å². The molecule has 0 aromatic heterocycles. The molecule has 0 spiro atoms. The molecule has 0 fully saturated rings. The molecule has 0 aliphatic carbocycles. The zero-order valence-corrected chi connectivity index (χ0v) is 9.11. The van der Waals surface area contributed by atoms with Crippen LogP contribution < -0.4 is 4.72 Å². The quantitative estimate of drug-likeness (QED) is 0.508. The van der Waals surface area contributed by atoms with Crippen LogP contribution in [0.25, 0.3) is 0 Å². The van der Waals surface area contributed by atoms with E-state index < -0.39 is 11.3 Å². The van der Waals surface area contributed by atoms with Gasteiger partial charge in [-0.1, -0.05) is 13.8 Å². The Morgan fingerprint density at radius 1 is 1.42 bits per heavy atom. The van der Waals surface area contributed by atoms with E-state index in [-0.39, 0.29) is 0 Å². The summed E-state index contributed by atoms with van der Waals surface area (Å²) in [5.41, 5.74) is 0. The van der Waals surface area contributed by atoms with E-state index in [2.05, 4.69) is 4.72 Å². The fraction of sp³-hybridized carbons (Fsp3) is 1.00. The summed E-state index contributed by atoms with van der Waals surface area (Å²) < 4.78 is 22.1. The van der Waals surface area contributed by atoms with Gasteiger partial charge in [-0.2, -0.15) is 0 Å². The first-order valence-electron chi connectivity index (χ1n) is 4.10. The maximum atomic E-state index is 9.92. The molecule has 0 aliphatic rings. The summed E-state index contributed by atoms with van der Waals surface area (Å²) in [6.07, 6.45) is 0.848. The normalized spacial score (nSPS) is 12.2. The molecule has 0 bridgehead atoms. The molecule has 0 radical (unpaired) electrons. The Morgan fingerprint density at radius 2 is 1.92 bits per heavy atom. The Bertz CT molecular complexity index is 110. The monoisotopic (exact) mass is 195 g/mol. The molecule has 12 heavy (non-hydrogen) atoms. The van der Waals surface area contributed by atoms with Crippen LogP contribution in [0.3, 0.4) is 0 Å². The summed E-state index contributed by atoms with van der Waals surface area (Å²) in [5.74, 6) is 0. The zero-order chi connectivity index (χ0) is 9.98. The number of rotatable bonds is 5. The van der Waals surface area contributed by atoms with Crippen LogP contribution in [0.1, 0.15) is 20.3 Å². The minimum absolute atomic E-state index is 0.522. The zero-order valence-electron chi connectivity index (χ0n) is 8.29. The van der Waals surface area contributed by atoms with Crippen molar-refractivity contribution in [2.75, 3.05) is 27.2 Å². The van der Waals surface area contributed by atoms with Crippen LogP contribution in [-0.4, -0.2) is 40.8 Å². The van der Waals surface area contributed by atoms with Gasteiger partial charge >= 0.3 is 0 Å². The van der Waals surface area contributed by atoms with Crippen molar-refractivity contribution >= 4 is 11.3 Å². The van der Waals surface area contributed by atoms with Crippen molar-refractivity contribution in [2.45, 2.75) is 20.3 Å². The Balaban J connectivity index is 0. The van der Waals surface area contributed by atoms with E-state index in [1.165, 1.54) is 0 Å². The molecule has 1 atom stereocenters. The number of hydrogen-bond donors (Lipinski definition) is 1. The molecule has 0 heterocycles. The van der Waals surface area contributed by atoms with Gasteiger partial charge < -0.3 is 9.45 Å². The van der Waals surface area contributed by atoms with Gasteiger partial charge in [0.25, 0.3) is 0 Å². The molecule has 1 unspecified atom stereocenters. The van der Waals surface area contributed by atoms with Crippen LogP contribution in [0, 0.1) is 0 Å². The summed E-state index contributed by atoms with van der Waals surface area (Å²) in [6.45, 7) is 5.43. The van der Waals surface area contributed by atoms with Gasteiger partial charge in [0.2, 0.25) is 0 Å². The number of nitrogens with zero attached hydrogens (tertiary/aromatic N) is 1. The lowest BCUT2D eigenvalue weighted by atomic mass is 10.4. The van der Waals surface area contributed by atoms with Crippen molar-refractivity contribution < 1.29 is 8.76 Å². The van der Waals surface area contributed by atoms with E-state index in [9.17, 15) is 8.76 Å². The van der Waals surface area contributed by atoms with E-state index in [0.717, 1.165) is 13.0 Å². The summed E-state index contributed by atoms with van der Waals surface area (Å²) in [4.78, 5) is 2.01. The highest BCUT2D eigenvalue weighted by atomic mass is 32.2. The summed E-state index contributed by atoms with van der Waals surface area (Å²) >= 11 is -2.10. The topological polar surface area (TPSA) is 55.4 Å². The highest BCUT2D eigenvalue weighted by Gasteiger charge is 1.88. The predicted octanol–water partition coefficient (Wildman–Crippen LogP) is 0.348. The van der Waals surface area contributed by atoms with E-state index in [4.69, 9.17) is 0 Å². The molecule has 0 rings (SSSR count). The smallest absolute Gasteiger partial charge is 0.0181 e. The summed E-state index contributed by atoms with van der Waals surface area (Å²) in [7, 11) is 3.91. The summed E-state index contributed by atoms with van der Waals surface area (Å²) in [6, 6.07) is 0. The second-order valence-corrected chi connectivity index (χ2v) is 3.04. The van der Waals surface area contributed by atoms with Crippen molar-refractivity contribution in [2.24, 2.45) is 0 Å². The maximum absolute atomic E-state index is 9.92. The van der Waals surface area contributed by atoms with Crippen molar-refractivity contribution in [3.63, 3.8) is 0 Å². The fourth-order valence-corrected chi connectivity index (χ4v) is 0.862. The standard InChI is InChI=1S/C5H14N2O2S.C2H6/c1-7(2)5-3-4-6-10(8)9;1-2/h6H,3-5H2,1-2H3,(H,8,9);1-2H3/p-1. The first-order valence-corrected chi connectivity index (χ1v) is 5.18. The third kappa shape index (κ3) is 16.5. The minimum Gasteiger partial charge on any atom is -0.760 e. The lowest BCUT2D eigenvalue weighted by Crippen LogP contribution is -2.22. The Hall–Kier alpha value is 0.0300. The Kier molecular flexibility index (Phi) is 13.4. The molecule has 0 aliphatic heterocycles. The van der Waals surface area contributed by atoms with Crippen molar-refractivity contribution in [3.8, 4) is 0 Å². The third-order valence-corrected chi connectivity index (χ3v) is 1.44. The van der Waals surface area contributed by atoms with Gasteiger partial charge in [0.05, 0.1) is 0 Å².